The van der Waals surface area contributed by atoms with Gasteiger partial charge < -0.3 is 19.4 Å². The predicted octanol–water partition coefficient (Wildman–Crippen LogP) is 13.9. The number of ether oxygens (including phenoxy) is 2. The van der Waals surface area contributed by atoms with E-state index >= 15 is 0 Å². The Hall–Kier alpha value is -5.12. The van der Waals surface area contributed by atoms with Crippen molar-refractivity contribution in [2.24, 2.45) is 17.8 Å². The Kier molecular flexibility index (Phi) is 16.9. The van der Waals surface area contributed by atoms with Crippen LogP contribution in [0.25, 0.3) is 33.2 Å². The summed E-state index contributed by atoms with van der Waals surface area (Å²) < 4.78 is 11.1. The molecule has 0 unspecified atom stereocenters. The van der Waals surface area contributed by atoms with Gasteiger partial charge in [-0.3, -0.25) is 24.2 Å². The van der Waals surface area contributed by atoms with Crippen molar-refractivity contribution in [3.8, 4) is 0 Å². The third kappa shape index (κ3) is 11.2. The molecule has 6 rings (SSSR count). The third-order valence-electron chi connectivity index (χ3n) is 14.7. The summed E-state index contributed by atoms with van der Waals surface area (Å²) in [5.74, 6) is -0.768. The summed E-state index contributed by atoms with van der Waals surface area (Å²) in [6.07, 6.45) is 15.6. The van der Waals surface area contributed by atoms with Crippen LogP contribution in [0, 0.1) is 31.6 Å². The maximum Gasteiger partial charge on any atom is 0.321 e. The smallest absolute Gasteiger partial charge is 0.321 e. The molecule has 0 saturated carbocycles. The minimum Gasteiger partial charge on any atom is -0.468 e. The molecule has 0 fully saturated rings. The molecule has 3 aromatic rings. The number of aryl methyl sites for hydroxylation is 2. The number of nitrogens with zero attached hydrogens (tertiary/aromatic N) is 2. The van der Waals surface area contributed by atoms with Crippen molar-refractivity contribution >= 4 is 56.7 Å². The summed E-state index contributed by atoms with van der Waals surface area (Å²) in [7, 11) is 1.29. The number of aromatic nitrogens is 4. The number of esters is 2. The number of ketones is 2. The molecule has 0 aromatic carbocycles. The molecular formula is C56H76N4O6. The van der Waals surface area contributed by atoms with E-state index in [1.54, 1.807) is 6.92 Å². The molecule has 66 heavy (non-hydrogen) atoms. The molecule has 5 atom stereocenters. The Bertz CT molecular complexity index is 2550. The van der Waals surface area contributed by atoms with Crippen molar-refractivity contribution in [1.29, 1.82) is 0 Å². The Morgan fingerprint density at radius 2 is 1.47 bits per heavy atom. The molecule has 1 aliphatic carbocycles. The van der Waals surface area contributed by atoms with Crippen LogP contribution in [0.4, 0.5) is 0 Å². The quantitative estimate of drug-likeness (QED) is 0.0353. The van der Waals surface area contributed by atoms with Crippen LogP contribution >= 0.6 is 0 Å². The SMILES string of the molecule is CCC1=C(C)c2cc3[nH]c(cc4nc(c5c6[nH]c(cc1n2)c(C)c6C(=O)[C@@H]5C(=O)OC)[C@@H](CCC(=O)OCC/C=C(\C)CCC[C@H](C)CCC[C@H](C)CCCC(C)C)[C@@H]4C)c(C)c3C(C)=O. The minimum absolute atomic E-state index is 0.0683. The molecule has 0 amide bonds. The van der Waals surface area contributed by atoms with E-state index in [4.69, 9.17) is 19.4 Å². The summed E-state index contributed by atoms with van der Waals surface area (Å²) in [4.78, 5) is 72.0. The highest BCUT2D eigenvalue weighted by Gasteiger charge is 2.45. The molecule has 8 bridgehead atoms. The van der Waals surface area contributed by atoms with Crippen LogP contribution in [0.5, 0.6) is 0 Å². The molecule has 356 valence electrons. The van der Waals surface area contributed by atoms with E-state index in [-0.39, 0.29) is 35.8 Å². The van der Waals surface area contributed by atoms with E-state index < -0.39 is 11.9 Å². The molecule has 10 heteroatoms. The van der Waals surface area contributed by atoms with Crippen LogP contribution in [0.2, 0.25) is 0 Å². The summed E-state index contributed by atoms with van der Waals surface area (Å²) >= 11 is 0. The fraction of sp³-hybridized carbons (Fsp3) is 0.571. The highest BCUT2D eigenvalue weighted by Crippen LogP contribution is 2.48. The van der Waals surface area contributed by atoms with E-state index in [1.807, 2.05) is 39.0 Å². The summed E-state index contributed by atoms with van der Waals surface area (Å²) in [6.45, 7) is 23.5. The van der Waals surface area contributed by atoms with E-state index in [1.165, 1.54) is 64.0 Å². The number of carbonyl (C=O) groups is 4. The monoisotopic (exact) mass is 901 g/mol. The summed E-state index contributed by atoms with van der Waals surface area (Å²) in [6, 6.07) is 5.87. The van der Waals surface area contributed by atoms with Gasteiger partial charge in [-0.2, -0.15) is 0 Å². The molecule has 2 aliphatic heterocycles. The van der Waals surface area contributed by atoms with Crippen molar-refractivity contribution in [1.82, 2.24) is 19.9 Å². The number of hydrogen-bond donors (Lipinski definition) is 2. The predicted molar refractivity (Wildman–Crippen MR) is 267 cm³/mol. The van der Waals surface area contributed by atoms with Crippen molar-refractivity contribution in [3.63, 3.8) is 0 Å². The van der Waals surface area contributed by atoms with Gasteiger partial charge in [0, 0.05) is 51.7 Å². The van der Waals surface area contributed by atoms with E-state index in [0.717, 1.165) is 64.2 Å². The van der Waals surface area contributed by atoms with E-state index in [0.29, 0.717) is 69.6 Å². The zero-order chi connectivity index (χ0) is 48.0. The number of aromatic amines is 2. The van der Waals surface area contributed by atoms with Gasteiger partial charge in [-0.05, 0) is 125 Å². The molecule has 2 N–H and O–H groups in total. The standard InChI is InChI=1S/C56H76N4O6/c1-13-40-35(7)42-30-47-49(39(11)61)37(9)44(58-47)28-43-36(8)41(53(59-43)51-52(56(64)65-12)55(63)50-38(10)45(60-54(50)51)29-46(40)57-42)25-26-48(62)66-27-17-24-34(6)23-16-22-33(5)21-15-20-32(4)19-14-18-31(2)3/h24,28-33,36,41,52,58,60H,13-23,25-27H2,1-12H3/b34-24+,42-30?,43-28?,44-28?,45-29?,46-29?,47-30?,53-51?/t32-,33-,36+,41+,52-/m1/s1. The maximum atomic E-state index is 14.4. The second-order valence-electron chi connectivity index (χ2n) is 20.2. The van der Waals surface area contributed by atoms with Gasteiger partial charge in [0.25, 0.3) is 0 Å². The Morgan fingerprint density at radius 1 is 0.818 bits per heavy atom. The largest absolute Gasteiger partial charge is 0.468 e. The number of H-pyrrole nitrogens is 2. The molecular weight excluding hydrogens is 825 g/mol. The lowest BCUT2D eigenvalue weighted by molar-refractivity contribution is -0.144. The van der Waals surface area contributed by atoms with Gasteiger partial charge in [0.15, 0.2) is 11.6 Å². The van der Waals surface area contributed by atoms with Gasteiger partial charge in [-0.15, -0.1) is 0 Å². The van der Waals surface area contributed by atoms with Gasteiger partial charge >= 0.3 is 11.9 Å². The topological polar surface area (TPSA) is 144 Å². The lowest BCUT2D eigenvalue weighted by Crippen LogP contribution is -2.21. The van der Waals surface area contributed by atoms with Gasteiger partial charge in [0.2, 0.25) is 0 Å². The minimum atomic E-state index is -1.21. The Labute approximate surface area is 393 Å². The lowest BCUT2D eigenvalue weighted by Gasteiger charge is -2.18. The average molecular weight is 901 g/mol. The van der Waals surface area contributed by atoms with Crippen molar-refractivity contribution in [2.75, 3.05) is 13.7 Å². The summed E-state index contributed by atoms with van der Waals surface area (Å²) in [5.41, 5.74) is 11.9. The fourth-order valence-corrected chi connectivity index (χ4v) is 10.6. The van der Waals surface area contributed by atoms with Gasteiger partial charge in [-0.1, -0.05) is 98.1 Å². The van der Waals surface area contributed by atoms with Gasteiger partial charge in [0.05, 0.1) is 41.8 Å². The first kappa shape index (κ1) is 50.3. The first-order chi connectivity index (χ1) is 31.4. The van der Waals surface area contributed by atoms with Crippen molar-refractivity contribution in [2.45, 2.75) is 177 Å². The number of carbonyl (C=O) groups excluding carboxylic acids is 4. The van der Waals surface area contributed by atoms with Crippen LogP contribution in [0.3, 0.4) is 0 Å². The normalized spacial score (nSPS) is 18.0. The number of hydrogen-bond acceptors (Lipinski definition) is 8. The molecule has 5 heterocycles. The van der Waals surface area contributed by atoms with Crippen molar-refractivity contribution < 1.29 is 28.7 Å². The van der Waals surface area contributed by atoms with Crippen LogP contribution in [0.15, 0.2) is 29.8 Å². The molecule has 0 radical (unpaired) electrons. The van der Waals surface area contributed by atoms with Gasteiger partial charge in [0.1, 0.15) is 5.92 Å². The van der Waals surface area contributed by atoms with E-state index in [9.17, 15) is 19.2 Å². The Balaban J connectivity index is 1.22. The van der Waals surface area contributed by atoms with Crippen LogP contribution in [0.1, 0.15) is 224 Å². The maximum absolute atomic E-state index is 14.4. The first-order valence-corrected chi connectivity index (χ1v) is 24.9. The molecule has 0 spiro atoms. The average Bonchev–Trinajstić information content (AvgIpc) is 4.01. The summed E-state index contributed by atoms with van der Waals surface area (Å²) in [5, 5.41) is 0. The number of allylic oxidation sites excluding steroid dienone is 3. The third-order valence-corrected chi connectivity index (χ3v) is 14.7. The first-order valence-electron chi connectivity index (χ1n) is 24.9. The molecule has 3 aromatic heterocycles. The van der Waals surface area contributed by atoms with Gasteiger partial charge in [-0.25, -0.2) is 4.98 Å². The highest BCUT2D eigenvalue weighted by atomic mass is 16.5. The second-order valence-corrected chi connectivity index (χ2v) is 20.2. The number of rotatable bonds is 21. The highest BCUT2D eigenvalue weighted by molar-refractivity contribution is 6.23. The second kappa shape index (κ2) is 22.1. The zero-order valence-corrected chi connectivity index (χ0v) is 42.0. The zero-order valence-electron chi connectivity index (χ0n) is 42.0. The molecule has 3 aliphatic rings. The van der Waals surface area contributed by atoms with Crippen LogP contribution in [-0.2, 0) is 19.1 Å². The van der Waals surface area contributed by atoms with Crippen LogP contribution < -0.4 is 0 Å². The van der Waals surface area contributed by atoms with Crippen LogP contribution in [-0.4, -0.2) is 57.2 Å². The number of nitrogens with one attached hydrogen (secondary N) is 2. The fourth-order valence-electron chi connectivity index (χ4n) is 10.6. The Morgan fingerprint density at radius 3 is 2.12 bits per heavy atom. The number of methoxy groups -OCH3 is 1. The van der Waals surface area contributed by atoms with E-state index in [2.05, 4.69) is 64.5 Å². The molecule has 0 saturated heterocycles. The van der Waals surface area contributed by atoms with Crippen molar-refractivity contribution in [3.05, 3.63) is 80.4 Å². The lowest BCUT2D eigenvalue weighted by atomic mass is 9.84. The molecule has 10 nitrogen and oxygen atoms in total. The number of fused-ring (bicyclic) bond motifs is 8. The number of Topliss-reactive ketones (excluding diaryl/α,β-unsaturated/α-hetero) is 2.